The molecular weight excluding hydrogens is 346 g/mol. The summed E-state index contributed by atoms with van der Waals surface area (Å²) in [5.74, 6) is -0.150. The molecule has 2 aromatic carbocycles. The van der Waals surface area contributed by atoms with E-state index in [0.29, 0.717) is 22.9 Å². The second-order valence-corrected chi connectivity index (χ2v) is 6.27. The van der Waals surface area contributed by atoms with Crippen molar-refractivity contribution in [3.63, 3.8) is 0 Å². The van der Waals surface area contributed by atoms with Crippen LogP contribution in [0.2, 0.25) is 0 Å². The van der Waals surface area contributed by atoms with Gasteiger partial charge in [0.1, 0.15) is 5.75 Å². The van der Waals surface area contributed by atoms with Gasteiger partial charge in [0.25, 0.3) is 11.8 Å². The molecule has 0 aliphatic carbocycles. The molecule has 0 unspecified atom stereocenters. The Morgan fingerprint density at radius 3 is 2.11 bits per heavy atom. The van der Waals surface area contributed by atoms with E-state index >= 15 is 0 Å². The highest BCUT2D eigenvalue weighted by Crippen LogP contribution is 2.18. The Morgan fingerprint density at radius 2 is 1.56 bits per heavy atom. The highest BCUT2D eigenvalue weighted by Gasteiger charge is 2.08. The van der Waals surface area contributed by atoms with E-state index in [0.717, 1.165) is 0 Å². The number of amides is 3. The monoisotopic (exact) mass is 369 g/mol. The molecule has 27 heavy (non-hydrogen) atoms. The highest BCUT2D eigenvalue weighted by molar-refractivity contribution is 5.96. The van der Waals surface area contributed by atoms with Crippen LogP contribution in [0.5, 0.6) is 5.75 Å². The first-order valence-corrected chi connectivity index (χ1v) is 8.54. The van der Waals surface area contributed by atoms with E-state index < -0.39 is 11.8 Å². The molecule has 2 aromatic rings. The Bertz CT molecular complexity index is 799. The molecule has 0 bridgehead atoms. The van der Waals surface area contributed by atoms with Crippen LogP contribution in [0.4, 0.5) is 5.69 Å². The molecule has 0 saturated carbocycles. The van der Waals surface area contributed by atoms with Gasteiger partial charge in [-0.05, 0) is 47.9 Å². The summed E-state index contributed by atoms with van der Waals surface area (Å²) in [6.45, 7) is 5.37. The van der Waals surface area contributed by atoms with Crippen molar-refractivity contribution >= 4 is 23.4 Å². The van der Waals surface area contributed by atoms with Gasteiger partial charge in [-0.2, -0.15) is 0 Å². The minimum Gasteiger partial charge on any atom is -0.484 e. The Morgan fingerprint density at radius 1 is 0.926 bits per heavy atom. The number of anilines is 1. The lowest BCUT2D eigenvalue weighted by Gasteiger charge is -2.10. The number of hydrogen-bond donors (Lipinski definition) is 3. The molecule has 3 N–H and O–H groups in total. The van der Waals surface area contributed by atoms with E-state index in [1.54, 1.807) is 36.4 Å². The van der Waals surface area contributed by atoms with Gasteiger partial charge in [0, 0.05) is 18.2 Å². The molecule has 7 heteroatoms. The summed E-state index contributed by atoms with van der Waals surface area (Å²) in [4.78, 5) is 34.8. The Kier molecular flexibility index (Phi) is 6.93. The molecule has 0 fully saturated rings. The van der Waals surface area contributed by atoms with Crippen molar-refractivity contribution in [2.45, 2.75) is 26.7 Å². The van der Waals surface area contributed by atoms with Crippen LogP contribution in [0.1, 0.15) is 42.6 Å². The largest absolute Gasteiger partial charge is 0.484 e. The fourth-order valence-electron chi connectivity index (χ4n) is 2.24. The maximum atomic E-state index is 12.0. The number of carbonyl (C=O) groups is 3. The molecule has 0 aliphatic heterocycles. The number of hydrazine groups is 1. The summed E-state index contributed by atoms with van der Waals surface area (Å²) < 4.78 is 5.39. The van der Waals surface area contributed by atoms with Crippen molar-refractivity contribution < 1.29 is 19.1 Å². The zero-order valence-electron chi connectivity index (χ0n) is 15.5. The summed E-state index contributed by atoms with van der Waals surface area (Å²) in [6, 6.07) is 13.8. The maximum Gasteiger partial charge on any atom is 0.276 e. The van der Waals surface area contributed by atoms with E-state index in [2.05, 4.69) is 30.0 Å². The van der Waals surface area contributed by atoms with Gasteiger partial charge in [0.15, 0.2) is 6.61 Å². The third-order valence-electron chi connectivity index (χ3n) is 3.70. The SMILES string of the molecule is CC(=O)Nc1ccc(C(=O)NNC(=O)COc2ccc(C(C)C)cc2)cc1. The predicted octanol–water partition coefficient (Wildman–Crippen LogP) is 2.61. The van der Waals surface area contributed by atoms with Crippen molar-refractivity contribution in [2.24, 2.45) is 0 Å². The number of carbonyl (C=O) groups excluding carboxylic acids is 3. The minimum atomic E-state index is -0.480. The van der Waals surface area contributed by atoms with Crippen LogP contribution in [-0.4, -0.2) is 24.3 Å². The van der Waals surface area contributed by atoms with Crippen LogP contribution in [0.15, 0.2) is 48.5 Å². The lowest BCUT2D eigenvalue weighted by Crippen LogP contribution is -2.43. The highest BCUT2D eigenvalue weighted by atomic mass is 16.5. The van der Waals surface area contributed by atoms with Crippen LogP contribution in [0.3, 0.4) is 0 Å². The van der Waals surface area contributed by atoms with Crippen LogP contribution in [0.25, 0.3) is 0 Å². The average Bonchev–Trinajstić information content (AvgIpc) is 2.65. The van der Waals surface area contributed by atoms with Crippen molar-refractivity contribution in [1.29, 1.82) is 0 Å². The van der Waals surface area contributed by atoms with E-state index in [4.69, 9.17) is 4.74 Å². The third kappa shape index (κ3) is 6.47. The van der Waals surface area contributed by atoms with Crippen molar-refractivity contribution in [1.82, 2.24) is 10.9 Å². The second-order valence-electron chi connectivity index (χ2n) is 6.27. The first-order chi connectivity index (χ1) is 12.8. The number of hydrogen-bond acceptors (Lipinski definition) is 4. The van der Waals surface area contributed by atoms with Crippen LogP contribution in [-0.2, 0) is 9.59 Å². The fourth-order valence-corrected chi connectivity index (χ4v) is 2.24. The Balaban J connectivity index is 1.77. The maximum absolute atomic E-state index is 12.0. The lowest BCUT2D eigenvalue weighted by molar-refractivity contribution is -0.123. The number of rotatable bonds is 6. The van der Waals surface area contributed by atoms with E-state index in [-0.39, 0.29) is 12.5 Å². The number of ether oxygens (including phenoxy) is 1. The zero-order valence-corrected chi connectivity index (χ0v) is 15.5. The van der Waals surface area contributed by atoms with Gasteiger partial charge < -0.3 is 10.1 Å². The fraction of sp³-hybridized carbons (Fsp3) is 0.250. The van der Waals surface area contributed by atoms with Gasteiger partial charge in [0.2, 0.25) is 5.91 Å². The summed E-state index contributed by atoms with van der Waals surface area (Å²) in [5, 5.41) is 2.61. The summed E-state index contributed by atoms with van der Waals surface area (Å²) >= 11 is 0. The molecule has 0 spiro atoms. The molecule has 3 amide bonds. The molecular formula is C20H23N3O4. The second kappa shape index (κ2) is 9.38. The molecule has 142 valence electrons. The van der Waals surface area contributed by atoms with Gasteiger partial charge in [-0.1, -0.05) is 26.0 Å². The first kappa shape index (κ1) is 20.0. The van der Waals surface area contributed by atoms with E-state index in [1.165, 1.54) is 12.5 Å². The summed E-state index contributed by atoms with van der Waals surface area (Å²) in [6.07, 6.45) is 0. The van der Waals surface area contributed by atoms with Gasteiger partial charge in [0.05, 0.1) is 0 Å². The van der Waals surface area contributed by atoms with Gasteiger partial charge >= 0.3 is 0 Å². The third-order valence-corrected chi connectivity index (χ3v) is 3.70. The van der Waals surface area contributed by atoms with Crippen molar-refractivity contribution in [2.75, 3.05) is 11.9 Å². The van der Waals surface area contributed by atoms with Gasteiger partial charge in [-0.15, -0.1) is 0 Å². The Labute approximate surface area is 158 Å². The standard InChI is InChI=1S/C20H23N3O4/c1-13(2)15-6-10-18(11-7-15)27-12-19(25)22-23-20(26)16-4-8-17(9-5-16)21-14(3)24/h4-11,13H,12H2,1-3H3,(H,21,24)(H,22,25)(H,23,26). The summed E-state index contributed by atoms with van der Waals surface area (Å²) in [7, 11) is 0. The normalized spacial score (nSPS) is 10.2. The van der Waals surface area contributed by atoms with Crippen LogP contribution >= 0.6 is 0 Å². The molecule has 0 radical (unpaired) electrons. The molecule has 2 rings (SSSR count). The summed E-state index contributed by atoms with van der Waals surface area (Å²) in [5.41, 5.74) is 6.72. The first-order valence-electron chi connectivity index (χ1n) is 8.54. The zero-order chi connectivity index (χ0) is 19.8. The molecule has 7 nitrogen and oxygen atoms in total. The van der Waals surface area contributed by atoms with Gasteiger partial charge in [-0.3, -0.25) is 25.2 Å². The van der Waals surface area contributed by atoms with Crippen molar-refractivity contribution in [3.05, 3.63) is 59.7 Å². The smallest absolute Gasteiger partial charge is 0.276 e. The van der Waals surface area contributed by atoms with Crippen LogP contribution < -0.4 is 20.9 Å². The van der Waals surface area contributed by atoms with Crippen molar-refractivity contribution in [3.8, 4) is 5.75 Å². The Hall–Kier alpha value is -3.35. The quantitative estimate of drug-likeness (QED) is 0.682. The predicted molar refractivity (Wildman–Crippen MR) is 102 cm³/mol. The molecule has 0 heterocycles. The van der Waals surface area contributed by atoms with Crippen LogP contribution in [0, 0.1) is 0 Å². The number of nitrogens with one attached hydrogen (secondary N) is 3. The molecule has 0 aromatic heterocycles. The average molecular weight is 369 g/mol. The molecule has 0 saturated heterocycles. The van der Waals surface area contributed by atoms with E-state index in [9.17, 15) is 14.4 Å². The minimum absolute atomic E-state index is 0.196. The van der Waals surface area contributed by atoms with E-state index in [1.807, 2.05) is 12.1 Å². The van der Waals surface area contributed by atoms with Gasteiger partial charge in [-0.25, -0.2) is 0 Å². The number of benzene rings is 2. The molecule has 0 atom stereocenters. The topological polar surface area (TPSA) is 96.5 Å². The lowest BCUT2D eigenvalue weighted by atomic mass is 10.0. The molecule has 0 aliphatic rings.